The van der Waals surface area contributed by atoms with Crippen LogP contribution in [0.3, 0.4) is 0 Å². The van der Waals surface area contributed by atoms with Crippen LogP contribution in [0.2, 0.25) is 5.02 Å². The van der Waals surface area contributed by atoms with E-state index in [1.165, 1.54) is 0 Å². The SMILES string of the molecule is CN=C(NCc1ccnc(-n2cccn2)c1)N(C)Cc1cccc(Cl)c1. The molecule has 3 aromatic rings. The monoisotopic (exact) mass is 368 g/mol. The molecule has 7 heteroatoms. The molecule has 0 saturated heterocycles. The first kappa shape index (κ1) is 17.9. The Balaban J connectivity index is 1.63. The van der Waals surface area contributed by atoms with Crippen LogP contribution in [0.25, 0.3) is 5.82 Å². The Bertz CT molecular complexity index is 875. The average molecular weight is 369 g/mol. The quantitative estimate of drug-likeness (QED) is 0.555. The summed E-state index contributed by atoms with van der Waals surface area (Å²) in [5.74, 6) is 1.60. The van der Waals surface area contributed by atoms with Crippen LogP contribution in [0.5, 0.6) is 0 Å². The van der Waals surface area contributed by atoms with Crippen molar-refractivity contribution in [2.45, 2.75) is 13.1 Å². The van der Waals surface area contributed by atoms with Crippen LogP contribution >= 0.6 is 11.6 Å². The molecule has 1 N–H and O–H groups in total. The van der Waals surface area contributed by atoms with Gasteiger partial charge in [0.25, 0.3) is 0 Å². The van der Waals surface area contributed by atoms with E-state index in [0.717, 1.165) is 34.5 Å². The molecule has 0 spiro atoms. The van der Waals surface area contributed by atoms with Crippen LogP contribution < -0.4 is 5.32 Å². The summed E-state index contributed by atoms with van der Waals surface area (Å²) in [6, 6.07) is 13.7. The van der Waals surface area contributed by atoms with Gasteiger partial charge < -0.3 is 10.2 Å². The molecular formula is C19H21ClN6. The zero-order valence-corrected chi connectivity index (χ0v) is 15.6. The van der Waals surface area contributed by atoms with E-state index >= 15 is 0 Å². The van der Waals surface area contributed by atoms with Gasteiger partial charge >= 0.3 is 0 Å². The van der Waals surface area contributed by atoms with Gasteiger partial charge in [-0.15, -0.1) is 0 Å². The van der Waals surface area contributed by atoms with Crippen molar-refractivity contribution in [3.63, 3.8) is 0 Å². The second-order valence-electron chi connectivity index (χ2n) is 5.86. The summed E-state index contributed by atoms with van der Waals surface area (Å²) in [6.07, 6.45) is 5.39. The largest absolute Gasteiger partial charge is 0.352 e. The fourth-order valence-electron chi connectivity index (χ4n) is 2.65. The molecule has 0 unspecified atom stereocenters. The number of rotatable bonds is 5. The minimum absolute atomic E-state index is 0.642. The van der Waals surface area contributed by atoms with Gasteiger partial charge in [-0.05, 0) is 41.5 Å². The molecule has 2 heterocycles. The molecule has 0 amide bonds. The first-order chi connectivity index (χ1) is 12.7. The van der Waals surface area contributed by atoms with Crippen LogP contribution in [-0.2, 0) is 13.1 Å². The summed E-state index contributed by atoms with van der Waals surface area (Å²) in [6.45, 7) is 1.36. The van der Waals surface area contributed by atoms with Gasteiger partial charge in [0.15, 0.2) is 11.8 Å². The molecular weight excluding hydrogens is 348 g/mol. The van der Waals surface area contributed by atoms with E-state index < -0.39 is 0 Å². The molecule has 0 fully saturated rings. The van der Waals surface area contributed by atoms with Crippen molar-refractivity contribution in [1.29, 1.82) is 0 Å². The fraction of sp³-hybridized carbons (Fsp3) is 0.211. The topological polar surface area (TPSA) is 58.3 Å². The van der Waals surface area contributed by atoms with Crippen LogP contribution in [-0.4, -0.2) is 39.7 Å². The van der Waals surface area contributed by atoms with Crippen molar-refractivity contribution in [1.82, 2.24) is 25.0 Å². The maximum Gasteiger partial charge on any atom is 0.193 e. The van der Waals surface area contributed by atoms with Gasteiger partial charge in [-0.25, -0.2) is 9.67 Å². The second-order valence-corrected chi connectivity index (χ2v) is 6.30. The third-order valence-electron chi connectivity index (χ3n) is 3.88. The highest BCUT2D eigenvalue weighted by Gasteiger charge is 2.08. The molecule has 0 aliphatic carbocycles. The van der Waals surface area contributed by atoms with Crippen molar-refractivity contribution < 1.29 is 0 Å². The van der Waals surface area contributed by atoms with Crippen LogP contribution in [0.15, 0.2) is 66.0 Å². The summed E-state index contributed by atoms with van der Waals surface area (Å²) in [4.78, 5) is 10.8. The lowest BCUT2D eigenvalue weighted by atomic mass is 10.2. The average Bonchev–Trinajstić information content (AvgIpc) is 3.17. The number of nitrogens with one attached hydrogen (secondary N) is 1. The molecule has 6 nitrogen and oxygen atoms in total. The minimum Gasteiger partial charge on any atom is -0.352 e. The molecule has 0 saturated carbocycles. The zero-order valence-electron chi connectivity index (χ0n) is 14.8. The number of pyridine rings is 1. The highest BCUT2D eigenvalue weighted by Crippen LogP contribution is 2.12. The molecule has 0 atom stereocenters. The van der Waals surface area contributed by atoms with E-state index in [1.54, 1.807) is 24.1 Å². The molecule has 0 radical (unpaired) electrons. The van der Waals surface area contributed by atoms with Crippen molar-refractivity contribution in [3.8, 4) is 5.82 Å². The first-order valence-electron chi connectivity index (χ1n) is 8.27. The maximum atomic E-state index is 6.06. The molecule has 3 rings (SSSR count). The Labute approximate surface area is 158 Å². The maximum absolute atomic E-state index is 6.06. The molecule has 0 aliphatic rings. The van der Waals surface area contributed by atoms with E-state index in [2.05, 4.69) is 31.4 Å². The summed E-state index contributed by atoms with van der Waals surface area (Å²) >= 11 is 6.06. The Hall–Kier alpha value is -2.86. The standard InChI is InChI=1S/C19H21ClN6/c1-21-19(25(2)14-16-5-3-6-17(20)11-16)23-13-15-7-9-22-18(12-15)26-10-4-8-24-26/h3-12H,13-14H2,1-2H3,(H,21,23). The first-order valence-corrected chi connectivity index (χ1v) is 8.64. The molecule has 0 bridgehead atoms. The van der Waals surface area contributed by atoms with Crippen molar-refractivity contribution in [2.24, 2.45) is 4.99 Å². The lowest BCUT2D eigenvalue weighted by Gasteiger charge is -2.22. The Morgan fingerprint density at radius 2 is 2.08 bits per heavy atom. The number of guanidine groups is 1. The summed E-state index contributed by atoms with van der Waals surface area (Å²) in [5, 5.41) is 8.33. The second kappa shape index (κ2) is 8.49. The lowest BCUT2D eigenvalue weighted by molar-refractivity contribution is 0.476. The number of halogens is 1. The minimum atomic E-state index is 0.642. The molecule has 0 aliphatic heterocycles. The summed E-state index contributed by atoms with van der Waals surface area (Å²) in [5.41, 5.74) is 2.23. The molecule has 2 aromatic heterocycles. The van der Waals surface area contributed by atoms with Gasteiger partial charge in [0, 0.05) is 50.8 Å². The third kappa shape index (κ3) is 4.61. The normalized spacial score (nSPS) is 11.4. The van der Waals surface area contributed by atoms with Gasteiger partial charge in [-0.3, -0.25) is 4.99 Å². The number of hydrogen-bond donors (Lipinski definition) is 1. The Kier molecular flexibility index (Phi) is 5.86. The summed E-state index contributed by atoms with van der Waals surface area (Å²) < 4.78 is 1.74. The van der Waals surface area contributed by atoms with Gasteiger partial charge in [-0.2, -0.15) is 5.10 Å². The zero-order chi connectivity index (χ0) is 18.4. The van der Waals surface area contributed by atoms with Crippen molar-refractivity contribution in [3.05, 3.63) is 77.2 Å². The van der Waals surface area contributed by atoms with Crippen LogP contribution in [0.1, 0.15) is 11.1 Å². The molecule has 134 valence electrons. The highest BCUT2D eigenvalue weighted by molar-refractivity contribution is 6.30. The third-order valence-corrected chi connectivity index (χ3v) is 4.12. The number of aliphatic imine (C=N–C) groups is 1. The van der Waals surface area contributed by atoms with Crippen molar-refractivity contribution in [2.75, 3.05) is 14.1 Å². The van der Waals surface area contributed by atoms with Gasteiger partial charge in [0.05, 0.1) is 0 Å². The fourth-order valence-corrected chi connectivity index (χ4v) is 2.86. The lowest BCUT2D eigenvalue weighted by Crippen LogP contribution is -2.38. The van der Waals surface area contributed by atoms with Crippen LogP contribution in [0.4, 0.5) is 0 Å². The Morgan fingerprint density at radius 3 is 2.81 bits per heavy atom. The van der Waals surface area contributed by atoms with E-state index in [-0.39, 0.29) is 0 Å². The predicted molar refractivity (Wildman–Crippen MR) is 104 cm³/mol. The number of aromatic nitrogens is 3. The summed E-state index contributed by atoms with van der Waals surface area (Å²) in [7, 11) is 3.77. The number of nitrogens with zero attached hydrogens (tertiary/aromatic N) is 5. The van der Waals surface area contributed by atoms with Gasteiger partial charge in [0.2, 0.25) is 0 Å². The van der Waals surface area contributed by atoms with Gasteiger partial charge in [0.1, 0.15) is 0 Å². The highest BCUT2D eigenvalue weighted by atomic mass is 35.5. The molecule has 1 aromatic carbocycles. The van der Waals surface area contributed by atoms with E-state index in [4.69, 9.17) is 11.6 Å². The van der Waals surface area contributed by atoms with E-state index in [1.807, 2.05) is 49.6 Å². The molecule has 26 heavy (non-hydrogen) atoms. The van der Waals surface area contributed by atoms with Gasteiger partial charge in [-0.1, -0.05) is 23.7 Å². The smallest absolute Gasteiger partial charge is 0.193 e. The van der Waals surface area contributed by atoms with Crippen LogP contribution in [0, 0.1) is 0 Å². The number of benzene rings is 1. The number of hydrogen-bond acceptors (Lipinski definition) is 3. The van der Waals surface area contributed by atoms with Crippen molar-refractivity contribution >= 4 is 17.6 Å². The predicted octanol–water partition coefficient (Wildman–Crippen LogP) is 3.13. The van der Waals surface area contributed by atoms with E-state index in [0.29, 0.717) is 6.54 Å². The Morgan fingerprint density at radius 1 is 1.19 bits per heavy atom. The van der Waals surface area contributed by atoms with E-state index in [9.17, 15) is 0 Å².